The van der Waals surface area contributed by atoms with Crippen LogP contribution < -0.4 is 0 Å². The predicted molar refractivity (Wildman–Crippen MR) is 107 cm³/mol. The molecule has 4 nitrogen and oxygen atoms in total. The molecular weight excluding hydrogens is 353 g/mol. The Labute approximate surface area is 164 Å². The Balaban J connectivity index is 1.41. The van der Waals surface area contributed by atoms with Gasteiger partial charge in [0.15, 0.2) is 0 Å². The number of halogens is 1. The van der Waals surface area contributed by atoms with Crippen molar-refractivity contribution in [2.24, 2.45) is 13.0 Å². The summed E-state index contributed by atoms with van der Waals surface area (Å²) in [5.41, 5.74) is 3.42. The van der Waals surface area contributed by atoms with E-state index in [4.69, 9.17) is 0 Å². The molecule has 5 heteroatoms. The van der Waals surface area contributed by atoms with E-state index in [2.05, 4.69) is 29.4 Å². The number of hydrogen-bond acceptors (Lipinski definition) is 2. The van der Waals surface area contributed by atoms with Gasteiger partial charge in [0, 0.05) is 25.7 Å². The lowest BCUT2D eigenvalue weighted by atomic mass is 9.90. The second-order valence-electron chi connectivity index (χ2n) is 7.47. The van der Waals surface area contributed by atoms with Crippen LogP contribution in [0, 0.1) is 11.7 Å². The first-order chi connectivity index (χ1) is 13.6. The lowest BCUT2D eigenvalue weighted by Crippen LogP contribution is -2.39. The molecule has 28 heavy (non-hydrogen) atoms. The Bertz CT molecular complexity index is 942. The van der Waals surface area contributed by atoms with Gasteiger partial charge in [-0.1, -0.05) is 30.3 Å². The fourth-order valence-corrected chi connectivity index (χ4v) is 3.88. The molecule has 0 saturated carbocycles. The number of aromatic nitrogens is 2. The van der Waals surface area contributed by atoms with Crippen molar-refractivity contribution in [3.63, 3.8) is 0 Å². The van der Waals surface area contributed by atoms with Gasteiger partial charge in [0.05, 0.1) is 5.69 Å². The summed E-state index contributed by atoms with van der Waals surface area (Å²) in [6, 6.07) is 18.5. The molecule has 1 aliphatic heterocycles. The Morgan fingerprint density at radius 1 is 1.07 bits per heavy atom. The molecule has 0 N–H and O–H groups in total. The third kappa shape index (κ3) is 3.98. The maximum atomic E-state index is 13.1. The number of carbonyl (C=O) groups is 1. The van der Waals surface area contributed by atoms with E-state index in [1.54, 1.807) is 29.9 Å². The summed E-state index contributed by atoms with van der Waals surface area (Å²) in [4.78, 5) is 14.9. The van der Waals surface area contributed by atoms with E-state index in [-0.39, 0.29) is 11.7 Å². The summed E-state index contributed by atoms with van der Waals surface area (Å²) in [5, 5.41) is 4.44. The van der Waals surface area contributed by atoms with Crippen molar-refractivity contribution in [1.29, 1.82) is 0 Å². The molecule has 2 aromatic carbocycles. The summed E-state index contributed by atoms with van der Waals surface area (Å²) < 4.78 is 14.8. The number of piperidine rings is 1. The predicted octanol–water partition coefficient (Wildman–Crippen LogP) is 4.32. The molecule has 1 amide bonds. The molecule has 144 valence electrons. The zero-order valence-electron chi connectivity index (χ0n) is 16.0. The van der Waals surface area contributed by atoms with E-state index >= 15 is 0 Å². The minimum atomic E-state index is -0.283. The third-order valence-electron chi connectivity index (χ3n) is 5.51. The molecule has 1 saturated heterocycles. The maximum Gasteiger partial charge on any atom is 0.272 e. The topological polar surface area (TPSA) is 38.1 Å². The molecule has 0 atom stereocenters. The highest BCUT2D eigenvalue weighted by Crippen LogP contribution is 2.24. The number of hydrogen-bond donors (Lipinski definition) is 0. The summed E-state index contributed by atoms with van der Waals surface area (Å²) in [6.07, 6.45) is 3.11. The molecule has 0 bridgehead atoms. The average Bonchev–Trinajstić information content (AvgIpc) is 3.11. The van der Waals surface area contributed by atoms with Crippen molar-refractivity contribution >= 4 is 5.91 Å². The molecule has 3 aromatic rings. The molecule has 0 radical (unpaired) electrons. The quantitative estimate of drug-likeness (QED) is 0.679. The molecular formula is C23H24FN3O. The van der Waals surface area contributed by atoms with Gasteiger partial charge in [-0.2, -0.15) is 5.10 Å². The molecule has 0 spiro atoms. The van der Waals surface area contributed by atoms with Crippen LogP contribution in [-0.2, 0) is 13.5 Å². The van der Waals surface area contributed by atoms with E-state index in [0.29, 0.717) is 17.3 Å². The smallest absolute Gasteiger partial charge is 0.272 e. The second kappa shape index (κ2) is 7.97. The van der Waals surface area contributed by atoms with Crippen molar-refractivity contribution in [2.45, 2.75) is 19.3 Å². The Kier molecular flexibility index (Phi) is 5.24. The minimum absolute atomic E-state index is 0.0153. The van der Waals surface area contributed by atoms with Gasteiger partial charge in [0.25, 0.3) is 5.91 Å². The Morgan fingerprint density at radius 2 is 1.75 bits per heavy atom. The highest BCUT2D eigenvalue weighted by molar-refractivity contribution is 5.93. The standard InChI is InChI=1S/C23H24FN3O/c1-26-22(16-21(25-26)19-7-9-20(24)10-8-19)23(28)27-13-11-18(12-14-27)15-17-5-3-2-4-6-17/h2-10,16,18H,11-15H2,1H3. The van der Waals surface area contributed by atoms with Crippen molar-refractivity contribution in [3.8, 4) is 11.3 Å². The van der Waals surface area contributed by atoms with Gasteiger partial charge in [-0.15, -0.1) is 0 Å². The summed E-state index contributed by atoms with van der Waals surface area (Å²) in [5.74, 6) is 0.351. The first-order valence-electron chi connectivity index (χ1n) is 9.73. The SMILES string of the molecule is Cn1nc(-c2ccc(F)cc2)cc1C(=O)N1CCC(Cc2ccccc2)CC1. The molecule has 4 rings (SSSR count). The van der Waals surface area contributed by atoms with Gasteiger partial charge >= 0.3 is 0 Å². The van der Waals surface area contributed by atoms with Crippen molar-refractivity contribution in [2.75, 3.05) is 13.1 Å². The molecule has 1 fully saturated rings. The summed E-state index contributed by atoms with van der Waals surface area (Å²) in [6.45, 7) is 1.54. The second-order valence-corrected chi connectivity index (χ2v) is 7.47. The Morgan fingerprint density at radius 3 is 2.43 bits per heavy atom. The monoisotopic (exact) mass is 377 g/mol. The van der Waals surface area contributed by atoms with Crippen molar-refractivity contribution in [3.05, 3.63) is 77.7 Å². The number of benzene rings is 2. The fraction of sp³-hybridized carbons (Fsp3) is 0.304. The van der Waals surface area contributed by atoms with E-state index in [1.165, 1.54) is 17.7 Å². The van der Waals surface area contributed by atoms with E-state index in [9.17, 15) is 9.18 Å². The molecule has 0 aliphatic carbocycles. The molecule has 0 unspecified atom stereocenters. The zero-order valence-corrected chi connectivity index (χ0v) is 16.0. The number of amides is 1. The minimum Gasteiger partial charge on any atom is -0.337 e. The zero-order chi connectivity index (χ0) is 19.5. The first kappa shape index (κ1) is 18.4. The first-order valence-corrected chi connectivity index (χ1v) is 9.73. The summed E-state index contributed by atoms with van der Waals surface area (Å²) in [7, 11) is 1.78. The number of rotatable bonds is 4. The molecule has 1 aliphatic rings. The van der Waals surface area contributed by atoms with Crippen LogP contribution in [0.15, 0.2) is 60.7 Å². The van der Waals surface area contributed by atoms with Gasteiger partial charge in [-0.05, 0) is 61.1 Å². The largest absolute Gasteiger partial charge is 0.337 e. The van der Waals surface area contributed by atoms with Crippen LogP contribution in [0.5, 0.6) is 0 Å². The molecule has 2 heterocycles. The Hall–Kier alpha value is -2.95. The van der Waals surface area contributed by atoms with Gasteiger partial charge in [-0.25, -0.2) is 4.39 Å². The van der Waals surface area contributed by atoms with Crippen LogP contribution in [-0.4, -0.2) is 33.7 Å². The van der Waals surface area contributed by atoms with Crippen LogP contribution >= 0.6 is 0 Å². The van der Waals surface area contributed by atoms with Crippen LogP contribution in [0.1, 0.15) is 28.9 Å². The van der Waals surface area contributed by atoms with E-state index in [1.807, 2.05) is 11.0 Å². The maximum absolute atomic E-state index is 13.1. The highest BCUT2D eigenvalue weighted by Gasteiger charge is 2.26. The lowest BCUT2D eigenvalue weighted by molar-refractivity contribution is 0.0679. The van der Waals surface area contributed by atoms with Gasteiger partial charge < -0.3 is 4.90 Å². The number of likely N-dealkylation sites (tertiary alicyclic amines) is 1. The van der Waals surface area contributed by atoms with Crippen LogP contribution in [0.4, 0.5) is 4.39 Å². The lowest BCUT2D eigenvalue weighted by Gasteiger charge is -2.32. The number of carbonyl (C=O) groups excluding carboxylic acids is 1. The van der Waals surface area contributed by atoms with E-state index < -0.39 is 0 Å². The van der Waals surface area contributed by atoms with Gasteiger partial charge in [-0.3, -0.25) is 9.48 Å². The fourth-order valence-electron chi connectivity index (χ4n) is 3.88. The number of aryl methyl sites for hydroxylation is 1. The van der Waals surface area contributed by atoms with Gasteiger partial charge in [0.1, 0.15) is 11.5 Å². The van der Waals surface area contributed by atoms with Crippen LogP contribution in [0.3, 0.4) is 0 Å². The van der Waals surface area contributed by atoms with Gasteiger partial charge in [0.2, 0.25) is 0 Å². The average molecular weight is 377 g/mol. The van der Waals surface area contributed by atoms with Crippen molar-refractivity contribution < 1.29 is 9.18 Å². The van der Waals surface area contributed by atoms with Crippen LogP contribution in [0.2, 0.25) is 0 Å². The summed E-state index contributed by atoms with van der Waals surface area (Å²) >= 11 is 0. The number of nitrogens with zero attached hydrogens (tertiary/aromatic N) is 3. The van der Waals surface area contributed by atoms with Crippen LogP contribution in [0.25, 0.3) is 11.3 Å². The normalized spacial score (nSPS) is 15.0. The highest BCUT2D eigenvalue weighted by atomic mass is 19.1. The van der Waals surface area contributed by atoms with Crippen molar-refractivity contribution in [1.82, 2.24) is 14.7 Å². The molecule has 1 aromatic heterocycles. The third-order valence-corrected chi connectivity index (χ3v) is 5.51. The van der Waals surface area contributed by atoms with E-state index in [0.717, 1.165) is 37.9 Å².